The van der Waals surface area contributed by atoms with Crippen LogP contribution >= 0.6 is 0 Å². The van der Waals surface area contributed by atoms with Crippen LogP contribution in [0.1, 0.15) is 53.7 Å². The predicted octanol–water partition coefficient (Wildman–Crippen LogP) is 3.78. The van der Waals surface area contributed by atoms with Crippen molar-refractivity contribution in [1.82, 2.24) is 5.32 Å². The van der Waals surface area contributed by atoms with Crippen LogP contribution in [0.5, 0.6) is 11.5 Å². The lowest BCUT2D eigenvalue weighted by molar-refractivity contribution is -0.123. The van der Waals surface area contributed by atoms with E-state index in [0.717, 1.165) is 5.56 Å². The second kappa shape index (κ2) is 7.78. The first-order valence-corrected chi connectivity index (χ1v) is 8.83. The van der Waals surface area contributed by atoms with Crippen LogP contribution in [0.2, 0.25) is 0 Å². The third-order valence-electron chi connectivity index (χ3n) is 4.76. The van der Waals surface area contributed by atoms with Crippen molar-refractivity contribution in [2.75, 3.05) is 13.7 Å². The Morgan fingerprint density at radius 3 is 2.74 bits per heavy atom. The van der Waals surface area contributed by atoms with E-state index in [4.69, 9.17) is 9.47 Å². The summed E-state index contributed by atoms with van der Waals surface area (Å²) >= 11 is 0. The van der Waals surface area contributed by atoms with Gasteiger partial charge in [-0.25, -0.2) is 4.39 Å². The molecule has 2 aromatic carbocycles. The number of hydrogen-bond acceptors (Lipinski definition) is 4. The van der Waals surface area contributed by atoms with E-state index in [9.17, 15) is 14.0 Å². The summed E-state index contributed by atoms with van der Waals surface area (Å²) in [5, 5.41) is 2.84. The number of hydrogen-bond donors (Lipinski definition) is 1. The van der Waals surface area contributed by atoms with Crippen LogP contribution in [0.3, 0.4) is 0 Å². The van der Waals surface area contributed by atoms with Crippen molar-refractivity contribution in [1.29, 1.82) is 0 Å². The predicted molar refractivity (Wildman–Crippen MR) is 98.8 cm³/mol. The van der Waals surface area contributed by atoms with Gasteiger partial charge in [0.2, 0.25) is 0 Å². The smallest absolute Gasteiger partial charge is 0.258 e. The average molecular weight is 371 g/mol. The van der Waals surface area contributed by atoms with Crippen LogP contribution in [0.25, 0.3) is 0 Å². The van der Waals surface area contributed by atoms with E-state index >= 15 is 0 Å². The fraction of sp³-hybridized carbons (Fsp3) is 0.333. The Morgan fingerprint density at radius 2 is 2.00 bits per heavy atom. The minimum absolute atomic E-state index is 0.158. The van der Waals surface area contributed by atoms with Crippen molar-refractivity contribution in [3.63, 3.8) is 0 Å². The third-order valence-corrected chi connectivity index (χ3v) is 4.76. The highest BCUT2D eigenvalue weighted by molar-refractivity contribution is 6.03. The van der Waals surface area contributed by atoms with Crippen LogP contribution < -0.4 is 14.8 Å². The number of benzene rings is 2. The first-order valence-electron chi connectivity index (χ1n) is 8.83. The van der Waals surface area contributed by atoms with Crippen molar-refractivity contribution in [3.05, 3.63) is 58.9 Å². The molecule has 1 N–H and O–H groups in total. The van der Waals surface area contributed by atoms with E-state index in [1.807, 2.05) is 31.2 Å². The fourth-order valence-electron chi connectivity index (χ4n) is 3.47. The highest BCUT2D eigenvalue weighted by Crippen LogP contribution is 2.39. The van der Waals surface area contributed by atoms with Gasteiger partial charge in [0.05, 0.1) is 18.7 Å². The third kappa shape index (κ3) is 3.79. The zero-order chi connectivity index (χ0) is 19.6. The molecule has 0 saturated carbocycles. The molecule has 27 heavy (non-hydrogen) atoms. The van der Waals surface area contributed by atoms with E-state index in [1.54, 1.807) is 14.0 Å². The Labute approximate surface area is 157 Å². The summed E-state index contributed by atoms with van der Waals surface area (Å²) in [4.78, 5) is 24.4. The van der Waals surface area contributed by atoms with Crippen molar-refractivity contribution in [2.24, 2.45) is 0 Å². The first-order chi connectivity index (χ1) is 12.9. The average Bonchev–Trinajstić information content (AvgIpc) is 2.96. The molecule has 0 saturated heterocycles. The number of carbonyl (C=O) groups excluding carboxylic acids is 2. The molecule has 0 radical (unpaired) electrons. The highest BCUT2D eigenvalue weighted by atomic mass is 19.1. The maximum atomic E-state index is 14.0. The van der Waals surface area contributed by atoms with E-state index in [0.29, 0.717) is 11.3 Å². The Balaban J connectivity index is 1.68. The van der Waals surface area contributed by atoms with E-state index in [-0.39, 0.29) is 48.0 Å². The molecule has 2 atom stereocenters. The van der Waals surface area contributed by atoms with Crippen molar-refractivity contribution >= 4 is 11.7 Å². The van der Waals surface area contributed by atoms with Gasteiger partial charge in [0.25, 0.3) is 5.91 Å². The Bertz CT molecular complexity index is 880. The minimum atomic E-state index is -0.412. The van der Waals surface area contributed by atoms with E-state index in [2.05, 4.69) is 5.32 Å². The quantitative estimate of drug-likeness (QED) is 0.839. The molecule has 2 aromatic rings. The minimum Gasteiger partial charge on any atom is -0.496 e. The molecular weight excluding hydrogens is 349 g/mol. The molecular formula is C21H22FNO4. The number of methoxy groups -OCH3 is 1. The number of amides is 1. The van der Waals surface area contributed by atoms with Gasteiger partial charge in [-0.15, -0.1) is 0 Å². The molecule has 0 spiro atoms. The van der Waals surface area contributed by atoms with Crippen LogP contribution in [0.15, 0.2) is 36.4 Å². The number of carbonyl (C=O) groups is 2. The van der Waals surface area contributed by atoms with Crippen LogP contribution in [0, 0.1) is 5.82 Å². The lowest BCUT2D eigenvalue weighted by atomic mass is 10.0. The summed E-state index contributed by atoms with van der Waals surface area (Å²) in [5.41, 5.74) is 1.48. The standard InChI is InChI=1S/C21H22FNO4/c1-12-10-16(24)21-18(9-8-15(22)20(12)21)27-11-19(25)23-13(2)14-6-4-5-7-17(14)26-3/h4-9,12-13H,10-11H2,1-3H3,(H,23,25). The topological polar surface area (TPSA) is 64.6 Å². The van der Waals surface area contributed by atoms with E-state index < -0.39 is 5.82 Å². The van der Waals surface area contributed by atoms with Crippen molar-refractivity contribution in [3.8, 4) is 11.5 Å². The van der Waals surface area contributed by atoms with Gasteiger partial charge in [-0.05, 0) is 31.0 Å². The Hall–Kier alpha value is -2.89. The molecule has 3 rings (SSSR count). The molecule has 0 aliphatic heterocycles. The normalized spacial score (nSPS) is 16.6. The summed E-state index contributed by atoms with van der Waals surface area (Å²) in [6, 6.07) is 9.82. The SMILES string of the molecule is COc1ccccc1C(C)NC(=O)COc1ccc(F)c2c1C(=O)CC2C. The summed E-state index contributed by atoms with van der Waals surface area (Å²) in [6.07, 6.45) is 0.254. The molecule has 142 valence electrons. The van der Waals surface area contributed by atoms with Crippen LogP contribution in [0.4, 0.5) is 4.39 Å². The Morgan fingerprint density at radius 1 is 1.26 bits per heavy atom. The van der Waals surface area contributed by atoms with Gasteiger partial charge < -0.3 is 14.8 Å². The number of ketones is 1. The molecule has 0 bridgehead atoms. The van der Waals surface area contributed by atoms with Gasteiger partial charge in [-0.2, -0.15) is 0 Å². The molecule has 1 aliphatic rings. The maximum Gasteiger partial charge on any atom is 0.258 e. The van der Waals surface area contributed by atoms with Crippen LogP contribution in [-0.2, 0) is 4.79 Å². The molecule has 2 unspecified atom stereocenters. The number of ether oxygens (including phenoxy) is 2. The zero-order valence-corrected chi connectivity index (χ0v) is 15.5. The Kier molecular flexibility index (Phi) is 5.44. The number of fused-ring (bicyclic) bond motifs is 1. The highest BCUT2D eigenvalue weighted by Gasteiger charge is 2.32. The molecule has 5 nitrogen and oxygen atoms in total. The molecule has 0 fully saturated rings. The van der Waals surface area contributed by atoms with Gasteiger partial charge in [0.1, 0.15) is 17.3 Å². The summed E-state index contributed by atoms with van der Waals surface area (Å²) in [5.74, 6) is -0.164. The maximum absolute atomic E-state index is 14.0. The number of para-hydroxylation sites is 1. The summed E-state index contributed by atoms with van der Waals surface area (Å²) < 4.78 is 24.9. The summed E-state index contributed by atoms with van der Waals surface area (Å²) in [6.45, 7) is 3.38. The second-order valence-electron chi connectivity index (χ2n) is 6.68. The van der Waals surface area contributed by atoms with Crippen molar-refractivity contribution < 1.29 is 23.5 Å². The van der Waals surface area contributed by atoms with Gasteiger partial charge in [0, 0.05) is 17.5 Å². The lowest BCUT2D eigenvalue weighted by Crippen LogP contribution is -2.31. The molecule has 1 amide bonds. The van der Waals surface area contributed by atoms with Crippen molar-refractivity contribution in [2.45, 2.75) is 32.2 Å². The fourth-order valence-corrected chi connectivity index (χ4v) is 3.47. The molecule has 0 aromatic heterocycles. The molecule has 1 aliphatic carbocycles. The van der Waals surface area contributed by atoms with Crippen LogP contribution in [-0.4, -0.2) is 25.4 Å². The summed E-state index contributed by atoms with van der Waals surface area (Å²) in [7, 11) is 1.57. The second-order valence-corrected chi connectivity index (χ2v) is 6.68. The molecule has 6 heteroatoms. The lowest BCUT2D eigenvalue weighted by Gasteiger charge is -2.18. The van der Waals surface area contributed by atoms with Gasteiger partial charge in [-0.1, -0.05) is 25.1 Å². The largest absolute Gasteiger partial charge is 0.496 e. The number of rotatable bonds is 6. The van der Waals surface area contributed by atoms with Gasteiger partial charge in [-0.3, -0.25) is 9.59 Å². The van der Waals surface area contributed by atoms with Gasteiger partial charge in [0.15, 0.2) is 12.4 Å². The monoisotopic (exact) mass is 371 g/mol. The van der Waals surface area contributed by atoms with Gasteiger partial charge >= 0.3 is 0 Å². The number of Topliss-reactive ketones (excluding diaryl/α,β-unsaturated/α-hetero) is 1. The molecule has 0 heterocycles. The zero-order valence-electron chi connectivity index (χ0n) is 15.5. The number of halogens is 1. The van der Waals surface area contributed by atoms with E-state index in [1.165, 1.54) is 12.1 Å². The number of nitrogens with one attached hydrogen (secondary N) is 1. The first kappa shape index (κ1) is 18.9.